The Hall–Kier alpha value is -1.41. The summed E-state index contributed by atoms with van der Waals surface area (Å²) in [7, 11) is -2.70. The predicted octanol–water partition coefficient (Wildman–Crippen LogP) is 1.69. The van der Waals surface area contributed by atoms with E-state index in [1.807, 2.05) is 0 Å². The van der Waals surface area contributed by atoms with Crippen LogP contribution >= 0.6 is 0 Å². The quantitative estimate of drug-likeness (QED) is 0.829. The van der Waals surface area contributed by atoms with E-state index in [0.29, 0.717) is 12.1 Å². The van der Waals surface area contributed by atoms with Gasteiger partial charge >= 0.3 is 6.18 Å². The number of halogens is 3. The molecule has 0 heterocycles. The Morgan fingerprint density at radius 3 is 2.16 bits per heavy atom. The van der Waals surface area contributed by atoms with E-state index in [4.69, 9.17) is 0 Å². The normalized spacial score (nSPS) is 12.4. The van der Waals surface area contributed by atoms with Crippen molar-refractivity contribution in [3.8, 4) is 0 Å². The lowest BCUT2D eigenvalue weighted by atomic mass is 10.2. The zero-order valence-electron chi connectivity index (χ0n) is 9.90. The first-order valence-electron chi connectivity index (χ1n) is 5.07. The molecule has 4 nitrogen and oxygen atoms in total. The van der Waals surface area contributed by atoms with Crippen LogP contribution in [0, 0.1) is 0 Å². The number of carbonyl (C=O) groups is 1. The fourth-order valence-electron chi connectivity index (χ4n) is 1.35. The number of alkyl halides is 3. The van der Waals surface area contributed by atoms with E-state index in [1.54, 1.807) is 0 Å². The van der Waals surface area contributed by atoms with Crippen molar-refractivity contribution < 1.29 is 31.1 Å². The maximum absolute atomic E-state index is 12.3. The number of benzene rings is 1. The van der Waals surface area contributed by atoms with Crippen LogP contribution in [0.5, 0.6) is 0 Å². The van der Waals surface area contributed by atoms with Gasteiger partial charge in [-0.25, -0.2) is 8.42 Å². The fraction of sp³-hybridized carbons (Fsp3) is 0.364. The van der Waals surface area contributed by atoms with Gasteiger partial charge in [-0.2, -0.15) is 13.2 Å². The molecule has 0 amide bonds. The average Bonchev–Trinajstić information content (AvgIpc) is 2.27. The van der Waals surface area contributed by atoms with Gasteiger partial charge < -0.3 is 4.74 Å². The number of hydrogen-bond acceptors (Lipinski definition) is 4. The van der Waals surface area contributed by atoms with Gasteiger partial charge in [-0.15, -0.1) is 0 Å². The smallest absolute Gasteiger partial charge is 0.377 e. The summed E-state index contributed by atoms with van der Waals surface area (Å²) < 4.78 is 64.8. The van der Waals surface area contributed by atoms with Gasteiger partial charge in [0.05, 0.1) is 10.5 Å². The molecule has 0 radical (unpaired) electrons. The van der Waals surface area contributed by atoms with Crippen LogP contribution in [0.4, 0.5) is 13.2 Å². The predicted molar refractivity (Wildman–Crippen MR) is 60.4 cm³/mol. The number of ether oxygens (including phenoxy) is 1. The molecule has 0 saturated carbocycles. The highest BCUT2D eigenvalue weighted by molar-refractivity contribution is 7.92. The van der Waals surface area contributed by atoms with Crippen LogP contribution in [0.15, 0.2) is 29.2 Å². The maximum atomic E-state index is 12.3. The van der Waals surface area contributed by atoms with E-state index in [2.05, 4.69) is 4.74 Å². The van der Waals surface area contributed by atoms with Crippen molar-refractivity contribution in [3.05, 3.63) is 29.8 Å². The van der Waals surface area contributed by atoms with E-state index in [9.17, 15) is 26.4 Å². The molecule has 0 saturated heterocycles. The Balaban J connectivity index is 2.94. The molecular weight excluding hydrogens is 285 g/mol. The van der Waals surface area contributed by atoms with Gasteiger partial charge in [0.1, 0.15) is 12.4 Å². The second-order valence-electron chi connectivity index (χ2n) is 3.75. The number of rotatable bonds is 5. The standard InChI is InChI=1S/C11H11F3O4S/c1-18-6-9(15)7-19(16,17)10-4-2-8(3-5-10)11(12,13)14/h2-5H,6-7H2,1H3. The third kappa shape index (κ3) is 4.32. The first kappa shape index (κ1) is 15.6. The molecule has 0 spiro atoms. The van der Waals surface area contributed by atoms with Gasteiger partial charge in [0.25, 0.3) is 0 Å². The minimum Gasteiger partial charge on any atom is -0.377 e. The summed E-state index contributed by atoms with van der Waals surface area (Å²) in [5.41, 5.74) is -0.949. The lowest BCUT2D eigenvalue weighted by molar-refractivity contribution is -0.137. The van der Waals surface area contributed by atoms with Crippen LogP contribution in [0.25, 0.3) is 0 Å². The molecule has 0 aromatic heterocycles. The van der Waals surface area contributed by atoms with Crippen molar-refractivity contribution in [3.63, 3.8) is 0 Å². The average molecular weight is 296 g/mol. The molecule has 1 rings (SSSR count). The van der Waals surface area contributed by atoms with Crippen LogP contribution < -0.4 is 0 Å². The van der Waals surface area contributed by atoms with Gasteiger partial charge in [0.15, 0.2) is 15.6 Å². The SMILES string of the molecule is COCC(=O)CS(=O)(=O)c1ccc(C(F)(F)F)cc1. The minimum absolute atomic E-state index is 0.329. The Labute approximate surface area is 108 Å². The lowest BCUT2D eigenvalue weighted by Gasteiger charge is -2.08. The molecule has 19 heavy (non-hydrogen) atoms. The summed E-state index contributed by atoms with van der Waals surface area (Å²) in [6.07, 6.45) is -4.53. The highest BCUT2D eigenvalue weighted by atomic mass is 32.2. The molecule has 1 aromatic carbocycles. The molecule has 0 aliphatic rings. The second kappa shape index (κ2) is 5.70. The van der Waals surface area contributed by atoms with Crippen molar-refractivity contribution >= 4 is 15.6 Å². The number of carbonyl (C=O) groups excluding carboxylic acids is 1. The zero-order chi connectivity index (χ0) is 14.7. The first-order valence-corrected chi connectivity index (χ1v) is 6.72. The highest BCUT2D eigenvalue weighted by Gasteiger charge is 2.30. The van der Waals surface area contributed by atoms with Crippen LogP contribution in [0.3, 0.4) is 0 Å². The van der Waals surface area contributed by atoms with Crippen molar-refractivity contribution in [2.24, 2.45) is 0 Å². The summed E-state index contributed by atoms with van der Waals surface area (Å²) >= 11 is 0. The molecule has 0 aliphatic heterocycles. The summed E-state index contributed by atoms with van der Waals surface area (Å²) in [6, 6.07) is 2.98. The molecule has 0 unspecified atom stereocenters. The van der Waals surface area contributed by atoms with Crippen molar-refractivity contribution in [2.45, 2.75) is 11.1 Å². The first-order chi connectivity index (χ1) is 8.66. The number of hydrogen-bond donors (Lipinski definition) is 0. The molecule has 0 aliphatic carbocycles. The van der Waals surface area contributed by atoms with E-state index >= 15 is 0 Å². The van der Waals surface area contributed by atoms with Crippen molar-refractivity contribution in [1.82, 2.24) is 0 Å². The van der Waals surface area contributed by atoms with Crippen molar-refractivity contribution in [1.29, 1.82) is 0 Å². The minimum atomic E-state index is -4.53. The number of methoxy groups -OCH3 is 1. The molecule has 0 N–H and O–H groups in total. The lowest BCUT2D eigenvalue weighted by Crippen LogP contribution is -2.20. The summed E-state index contributed by atoms with van der Waals surface area (Å²) in [4.78, 5) is 10.8. The van der Waals surface area contributed by atoms with E-state index in [-0.39, 0.29) is 11.5 Å². The number of ketones is 1. The monoisotopic (exact) mass is 296 g/mol. The Morgan fingerprint density at radius 1 is 1.21 bits per heavy atom. The Bertz CT molecular complexity index is 546. The van der Waals surface area contributed by atoms with Crippen LogP contribution in [0.2, 0.25) is 0 Å². The zero-order valence-corrected chi connectivity index (χ0v) is 10.7. The molecule has 0 fully saturated rings. The van der Waals surface area contributed by atoms with E-state index < -0.39 is 33.1 Å². The Morgan fingerprint density at radius 2 is 1.74 bits per heavy atom. The van der Waals surface area contributed by atoms with Crippen LogP contribution in [0.1, 0.15) is 5.56 Å². The highest BCUT2D eigenvalue weighted by Crippen LogP contribution is 2.29. The van der Waals surface area contributed by atoms with Gasteiger partial charge in [0.2, 0.25) is 0 Å². The van der Waals surface area contributed by atoms with Gasteiger partial charge in [-0.05, 0) is 24.3 Å². The molecule has 1 aromatic rings. The van der Waals surface area contributed by atoms with Gasteiger partial charge in [0, 0.05) is 7.11 Å². The maximum Gasteiger partial charge on any atom is 0.416 e. The fourth-order valence-corrected chi connectivity index (χ4v) is 2.57. The molecule has 0 bridgehead atoms. The van der Waals surface area contributed by atoms with Crippen LogP contribution in [-0.2, 0) is 25.5 Å². The Kier molecular flexibility index (Phi) is 4.70. The summed E-state index contributed by atoms with van der Waals surface area (Å²) in [5, 5.41) is 0. The van der Waals surface area contributed by atoms with E-state index in [0.717, 1.165) is 12.1 Å². The molecule has 8 heteroatoms. The second-order valence-corrected chi connectivity index (χ2v) is 5.74. The summed E-state index contributed by atoms with van der Waals surface area (Å²) in [6.45, 7) is -0.361. The number of sulfone groups is 1. The third-order valence-electron chi connectivity index (χ3n) is 2.20. The topological polar surface area (TPSA) is 60.4 Å². The third-order valence-corrected chi connectivity index (χ3v) is 3.89. The van der Waals surface area contributed by atoms with Crippen molar-refractivity contribution in [2.75, 3.05) is 19.5 Å². The largest absolute Gasteiger partial charge is 0.416 e. The molecular formula is C11H11F3O4S. The van der Waals surface area contributed by atoms with E-state index in [1.165, 1.54) is 7.11 Å². The summed E-state index contributed by atoms with van der Waals surface area (Å²) in [5.74, 6) is -1.46. The molecule has 0 atom stereocenters. The molecule has 106 valence electrons. The van der Waals surface area contributed by atoms with Gasteiger partial charge in [-0.1, -0.05) is 0 Å². The van der Waals surface area contributed by atoms with Gasteiger partial charge in [-0.3, -0.25) is 4.79 Å². The number of Topliss-reactive ketones (excluding diaryl/α,β-unsaturated/α-hetero) is 1. The van der Waals surface area contributed by atoms with Crippen LogP contribution in [-0.4, -0.2) is 33.7 Å².